The van der Waals surface area contributed by atoms with Gasteiger partial charge in [-0.3, -0.25) is 0 Å². The number of halogens is 1. The summed E-state index contributed by atoms with van der Waals surface area (Å²) in [4.78, 5) is 0. The van der Waals surface area contributed by atoms with Crippen LogP contribution in [0.25, 0.3) is 0 Å². The fraction of sp³-hybridized carbons (Fsp3) is 1.00. The molecule has 10 heavy (non-hydrogen) atoms. The second-order valence-electron chi connectivity index (χ2n) is 2.92. The molecule has 4 heteroatoms. The first-order valence-corrected chi connectivity index (χ1v) is 3.43. The van der Waals surface area contributed by atoms with Gasteiger partial charge >= 0.3 is 0 Å². The highest BCUT2D eigenvalue weighted by atomic mass is 19.1. The molecule has 5 atom stereocenters. The van der Waals surface area contributed by atoms with E-state index >= 15 is 0 Å². The molecule has 0 N–H and O–H groups in total. The third-order valence-corrected chi connectivity index (χ3v) is 2.31. The zero-order valence-electron chi connectivity index (χ0n) is 5.20. The highest BCUT2D eigenvalue weighted by Gasteiger charge is 2.62. The lowest BCUT2D eigenvalue weighted by Crippen LogP contribution is -2.49. The van der Waals surface area contributed by atoms with Gasteiger partial charge in [0.15, 0.2) is 6.29 Å². The summed E-state index contributed by atoms with van der Waals surface area (Å²) in [5.41, 5.74) is 0. The van der Waals surface area contributed by atoms with Crippen molar-refractivity contribution in [1.82, 2.24) is 0 Å². The van der Waals surface area contributed by atoms with Crippen LogP contribution in [0.1, 0.15) is 0 Å². The third-order valence-electron chi connectivity index (χ3n) is 2.31. The molecule has 56 valence electrons. The molecule has 0 aromatic heterocycles. The predicted molar refractivity (Wildman–Crippen MR) is 27.9 cm³/mol. The van der Waals surface area contributed by atoms with Crippen LogP contribution in [0, 0.1) is 5.92 Å². The maximum Gasteiger partial charge on any atom is 0.209 e. The van der Waals surface area contributed by atoms with Crippen LogP contribution in [0.5, 0.6) is 0 Å². The molecule has 4 heterocycles. The van der Waals surface area contributed by atoms with Gasteiger partial charge in [-0.25, -0.2) is 4.39 Å². The Balaban J connectivity index is 1.92. The molecule has 4 aliphatic rings. The smallest absolute Gasteiger partial charge is 0.209 e. The Kier molecular flexibility index (Phi) is 0.829. The van der Waals surface area contributed by atoms with Crippen LogP contribution in [0.15, 0.2) is 0 Å². The molecule has 4 aliphatic heterocycles. The van der Waals surface area contributed by atoms with Crippen molar-refractivity contribution in [2.45, 2.75) is 24.9 Å². The van der Waals surface area contributed by atoms with Crippen LogP contribution in [0.3, 0.4) is 0 Å². The number of rotatable bonds is 0. The minimum Gasteiger partial charge on any atom is -0.363 e. The van der Waals surface area contributed by atoms with Crippen molar-refractivity contribution in [2.75, 3.05) is 6.61 Å². The van der Waals surface area contributed by atoms with Gasteiger partial charge in [0.2, 0.25) is 6.36 Å². The highest BCUT2D eigenvalue weighted by Crippen LogP contribution is 2.46. The van der Waals surface area contributed by atoms with Crippen molar-refractivity contribution in [3.05, 3.63) is 0 Å². The number of ether oxygens (including phenoxy) is 3. The topological polar surface area (TPSA) is 31.0 Å². The highest BCUT2D eigenvalue weighted by molar-refractivity contribution is 5.01. The number of alkyl halides is 1. The number of epoxide rings is 1. The molecular weight excluding hydrogens is 139 g/mol. The minimum absolute atomic E-state index is 0.0331. The molecule has 0 aromatic rings. The number of hydrogen-bond donors (Lipinski definition) is 0. The van der Waals surface area contributed by atoms with Gasteiger partial charge in [-0.2, -0.15) is 0 Å². The van der Waals surface area contributed by atoms with Crippen LogP contribution >= 0.6 is 0 Å². The van der Waals surface area contributed by atoms with Gasteiger partial charge in [0.1, 0.15) is 6.10 Å². The average molecular weight is 146 g/mol. The monoisotopic (exact) mass is 146 g/mol. The molecule has 4 rings (SSSR count). The molecule has 0 aliphatic carbocycles. The van der Waals surface area contributed by atoms with Crippen molar-refractivity contribution in [3.63, 3.8) is 0 Å². The quantitative estimate of drug-likeness (QED) is 0.452. The van der Waals surface area contributed by atoms with E-state index < -0.39 is 12.6 Å². The summed E-state index contributed by atoms with van der Waals surface area (Å²) in [6.07, 6.45) is -1.47. The predicted octanol–water partition coefficient (Wildman–Crippen LogP) is 0.0521. The second kappa shape index (κ2) is 1.52. The van der Waals surface area contributed by atoms with Gasteiger partial charge in [0.05, 0.1) is 18.6 Å². The van der Waals surface area contributed by atoms with Crippen molar-refractivity contribution >= 4 is 0 Å². The lowest BCUT2D eigenvalue weighted by molar-refractivity contribution is -0.289. The Labute approximate surface area is 57.1 Å². The van der Waals surface area contributed by atoms with Crippen LogP contribution in [0.4, 0.5) is 4.39 Å². The van der Waals surface area contributed by atoms with E-state index in [1.54, 1.807) is 0 Å². The first-order chi connectivity index (χ1) is 4.86. The molecule has 0 spiro atoms. The maximum atomic E-state index is 12.8. The molecule has 0 aromatic carbocycles. The Morgan fingerprint density at radius 2 is 2.10 bits per heavy atom. The normalized spacial score (nSPS) is 63.9. The summed E-state index contributed by atoms with van der Waals surface area (Å²) in [7, 11) is 0. The van der Waals surface area contributed by atoms with Gasteiger partial charge in [0, 0.05) is 0 Å². The minimum atomic E-state index is -1.16. The van der Waals surface area contributed by atoms with Gasteiger partial charge in [-0.05, 0) is 0 Å². The van der Waals surface area contributed by atoms with E-state index in [-0.39, 0.29) is 18.1 Å². The van der Waals surface area contributed by atoms with Crippen molar-refractivity contribution in [3.8, 4) is 0 Å². The van der Waals surface area contributed by atoms with Crippen molar-refractivity contribution < 1.29 is 18.6 Å². The summed E-state index contributed by atoms with van der Waals surface area (Å²) >= 11 is 0. The summed E-state index contributed by atoms with van der Waals surface area (Å²) < 4.78 is 27.9. The molecule has 4 saturated heterocycles. The SMILES string of the molecule is F[C@H]1O[C@H]2OC[C@@H]1[C@H]1O[C@@H]21. The summed E-state index contributed by atoms with van der Waals surface area (Å²) in [5.74, 6) is -0.171. The summed E-state index contributed by atoms with van der Waals surface area (Å²) in [6.45, 7) is 0.451. The van der Waals surface area contributed by atoms with Crippen molar-refractivity contribution in [2.24, 2.45) is 5.92 Å². The molecule has 0 amide bonds. The Morgan fingerprint density at radius 1 is 1.20 bits per heavy atom. The fourth-order valence-corrected chi connectivity index (χ4v) is 1.67. The molecule has 2 bridgehead atoms. The van der Waals surface area contributed by atoms with E-state index in [1.807, 2.05) is 0 Å². The molecule has 0 unspecified atom stereocenters. The van der Waals surface area contributed by atoms with E-state index in [9.17, 15) is 4.39 Å². The lowest BCUT2D eigenvalue weighted by atomic mass is 9.99. The Bertz CT molecular complexity index is 172. The van der Waals surface area contributed by atoms with Crippen LogP contribution in [-0.2, 0) is 14.2 Å². The Hall–Kier alpha value is -0.190. The van der Waals surface area contributed by atoms with Crippen LogP contribution in [0.2, 0.25) is 0 Å². The fourth-order valence-electron chi connectivity index (χ4n) is 1.67. The lowest BCUT2D eigenvalue weighted by Gasteiger charge is -2.34. The number of hydrogen-bond acceptors (Lipinski definition) is 3. The van der Waals surface area contributed by atoms with Gasteiger partial charge in [0.25, 0.3) is 0 Å². The summed E-state index contributed by atoms with van der Waals surface area (Å²) in [6, 6.07) is 0. The van der Waals surface area contributed by atoms with Gasteiger partial charge < -0.3 is 14.2 Å². The van der Waals surface area contributed by atoms with Crippen LogP contribution in [-0.4, -0.2) is 31.5 Å². The maximum absolute atomic E-state index is 12.8. The second-order valence-corrected chi connectivity index (χ2v) is 2.92. The Morgan fingerprint density at radius 3 is 2.70 bits per heavy atom. The summed E-state index contributed by atoms with van der Waals surface area (Å²) in [5, 5.41) is 0. The van der Waals surface area contributed by atoms with Gasteiger partial charge in [-0.1, -0.05) is 0 Å². The molecule has 4 fully saturated rings. The molecule has 3 nitrogen and oxygen atoms in total. The van der Waals surface area contributed by atoms with E-state index in [2.05, 4.69) is 0 Å². The largest absolute Gasteiger partial charge is 0.363 e. The molecule has 0 saturated carbocycles. The standard InChI is InChI=1S/C6H7FO3/c7-5-2-1-8-6(10-5)4-3(2)9-4/h2-6H,1H2/t2-,3-,4-,5+,6-/m1/s1. The van der Waals surface area contributed by atoms with E-state index in [4.69, 9.17) is 14.2 Å². The first kappa shape index (κ1) is 5.46. The number of fused-ring (bicyclic) bond motifs is 2. The molecular formula is C6H7FO3. The zero-order valence-corrected chi connectivity index (χ0v) is 5.20. The third kappa shape index (κ3) is 0.504. The molecule has 0 radical (unpaired) electrons. The van der Waals surface area contributed by atoms with Crippen molar-refractivity contribution in [1.29, 1.82) is 0 Å². The van der Waals surface area contributed by atoms with E-state index in [1.165, 1.54) is 0 Å². The van der Waals surface area contributed by atoms with E-state index in [0.29, 0.717) is 6.61 Å². The zero-order chi connectivity index (χ0) is 6.72. The van der Waals surface area contributed by atoms with Gasteiger partial charge in [-0.15, -0.1) is 0 Å². The van der Waals surface area contributed by atoms with Crippen LogP contribution < -0.4 is 0 Å². The average Bonchev–Trinajstić information content (AvgIpc) is 2.66. The van der Waals surface area contributed by atoms with E-state index in [0.717, 1.165) is 0 Å². The first-order valence-electron chi connectivity index (χ1n) is 3.43.